The summed E-state index contributed by atoms with van der Waals surface area (Å²) in [5.74, 6) is 1.56. The van der Waals surface area contributed by atoms with E-state index in [0.29, 0.717) is 0 Å². The van der Waals surface area contributed by atoms with Gasteiger partial charge in [0.15, 0.2) is 5.84 Å². The van der Waals surface area contributed by atoms with E-state index in [2.05, 4.69) is 108 Å². The second-order valence-electron chi connectivity index (χ2n) is 10.3. The van der Waals surface area contributed by atoms with Gasteiger partial charge in [-0.2, -0.15) is 0 Å². The maximum Gasteiger partial charge on any atom is 0.159 e. The summed E-state index contributed by atoms with van der Waals surface area (Å²) < 4.78 is 0. The Bertz CT molecular complexity index is 1970. The minimum Gasteiger partial charge on any atom is -0.368 e. The van der Waals surface area contributed by atoms with Crippen molar-refractivity contribution >= 4 is 50.7 Å². The van der Waals surface area contributed by atoms with Crippen LogP contribution >= 0.6 is 11.8 Å². The largest absolute Gasteiger partial charge is 0.368 e. The van der Waals surface area contributed by atoms with Crippen LogP contribution in [0.15, 0.2) is 148 Å². The zero-order valence-corrected chi connectivity index (χ0v) is 23.0. The Morgan fingerprint density at radius 2 is 1.24 bits per heavy atom. The lowest BCUT2D eigenvalue weighted by atomic mass is 9.97. The lowest BCUT2D eigenvalue weighted by Gasteiger charge is -2.24. The van der Waals surface area contributed by atoms with Gasteiger partial charge < -0.3 is 10.6 Å². The fourth-order valence-electron chi connectivity index (χ4n) is 5.70. The standard InChI is InChI=1S/C36H26N4S/c1-4-10-25(11-5-1)33-38-34(26-12-6-2-7-13-26)40-35(39-33)28-19-17-23-16-18-24-20-21-30-32(31(24)29(23)22-28)37-36(41-30)27-14-8-3-9-15-27/h1-22,35-37H,(H,38,39,40). The van der Waals surface area contributed by atoms with Crippen molar-refractivity contribution in [3.8, 4) is 0 Å². The maximum atomic E-state index is 5.11. The van der Waals surface area contributed by atoms with Gasteiger partial charge in [0.1, 0.15) is 17.4 Å². The molecule has 2 N–H and O–H groups in total. The molecule has 5 heteroatoms. The van der Waals surface area contributed by atoms with Gasteiger partial charge >= 0.3 is 0 Å². The molecule has 8 rings (SSSR count). The van der Waals surface area contributed by atoms with Crippen LogP contribution in [-0.4, -0.2) is 11.7 Å². The third-order valence-electron chi connectivity index (χ3n) is 7.75. The number of amidine groups is 2. The quantitative estimate of drug-likeness (QED) is 0.217. The number of anilines is 1. The smallest absolute Gasteiger partial charge is 0.159 e. The second kappa shape index (κ2) is 9.95. The molecular formula is C36H26N4S. The third-order valence-corrected chi connectivity index (χ3v) is 8.97. The van der Waals surface area contributed by atoms with Crippen molar-refractivity contribution in [3.05, 3.63) is 156 Å². The molecule has 6 aromatic rings. The molecule has 0 radical (unpaired) electrons. The van der Waals surface area contributed by atoms with Gasteiger partial charge in [-0.05, 0) is 39.4 Å². The van der Waals surface area contributed by atoms with Crippen LogP contribution in [0.3, 0.4) is 0 Å². The normalized spacial score (nSPS) is 17.9. The van der Waals surface area contributed by atoms with Gasteiger partial charge in [0.2, 0.25) is 0 Å². The van der Waals surface area contributed by atoms with E-state index < -0.39 is 0 Å². The summed E-state index contributed by atoms with van der Waals surface area (Å²) in [5, 5.41) is 12.6. The molecule has 0 fully saturated rings. The van der Waals surface area contributed by atoms with Gasteiger partial charge in [-0.3, -0.25) is 0 Å². The van der Waals surface area contributed by atoms with E-state index in [1.54, 1.807) is 0 Å². The van der Waals surface area contributed by atoms with Crippen LogP contribution in [0.25, 0.3) is 21.5 Å². The lowest BCUT2D eigenvalue weighted by molar-refractivity contribution is 0.675. The number of nitrogens with zero attached hydrogens (tertiary/aromatic N) is 2. The number of benzene rings is 6. The highest BCUT2D eigenvalue weighted by molar-refractivity contribution is 8.00. The van der Waals surface area contributed by atoms with Crippen LogP contribution in [0, 0.1) is 0 Å². The fraction of sp³-hybridized carbons (Fsp3) is 0.0556. The number of hydrogen-bond acceptors (Lipinski definition) is 5. The Morgan fingerprint density at radius 1 is 0.585 bits per heavy atom. The third kappa shape index (κ3) is 4.35. The number of fused-ring (bicyclic) bond motifs is 5. The number of nitrogens with one attached hydrogen (secondary N) is 2. The molecule has 196 valence electrons. The molecule has 41 heavy (non-hydrogen) atoms. The first kappa shape index (κ1) is 24.0. The van der Waals surface area contributed by atoms with Gasteiger partial charge in [0.25, 0.3) is 0 Å². The number of rotatable bonds is 4. The van der Waals surface area contributed by atoms with E-state index in [4.69, 9.17) is 9.98 Å². The van der Waals surface area contributed by atoms with Crippen molar-refractivity contribution in [1.29, 1.82) is 0 Å². The molecule has 2 unspecified atom stereocenters. The molecule has 0 saturated heterocycles. The zero-order chi connectivity index (χ0) is 27.2. The molecule has 0 aromatic heterocycles. The first-order valence-electron chi connectivity index (χ1n) is 13.8. The number of thioether (sulfide) groups is 1. The molecule has 0 bridgehead atoms. The predicted octanol–water partition coefficient (Wildman–Crippen LogP) is 8.70. The average Bonchev–Trinajstić information content (AvgIpc) is 3.50. The van der Waals surface area contributed by atoms with Crippen LogP contribution in [-0.2, 0) is 0 Å². The molecular weight excluding hydrogens is 520 g/mol. The predicted molar refractivity (Wildman–Crippen MR) is 172 cm³/mol. The van der Waals surface area contributed by atoms with Gasteiger partial charge in [0.05, 0.1) is 5.69 Å². The van der Waals surface area contributed by atoms with Gasteiger partial charge in [-0.15, -0.1) is 0 Å². The Kier molecular flexibility index (Phi) is 5.82. The van der Waals surface area contributed by atoms with E-state index in [1.165, 1.54) is 37.7 Å². The molecule has 2 aliphatic heterocycles. The highest BCUT2D eigenvalue weighted by Gasteiger charge is 2.26. The van der Waals surface area contributed by atoms with Gasteiger partial charge in [-0.25, -0.2) is 9.98 Å². The first-order chi connectivity index (χ1) is 20.3. The van der Waals surface area contributed by atoms with Crippen LogP contribution in [0.4, 0.5) is 5.69 Å². The van der Waals surface area contributed by atoms with Crippen molar-refractivity contribution in [3.63, 3.8) is 0 Å². The Balaban J connectivity index is 1.25. The zero-order valence-electron chi connectivity index (χ0n) is 22.2. The maximum absolute atomic E-state index is 5.11. The number of hydrogen-bond donors (Lipinski definition) is 2. The molecule has 6 aromatic carbocycles. The summed E-state index contributed by atoms with van der Waals surface area (Å²) in [6.07, 6.45) is -0.270. The summed E-state index contributed by atoms with van der Waals surface area (Å²) in [6.45, 7) is 0. The minimum atomic E-state index is -0.270. The lowest BCUT2D eigenvalue weighted by Crippen LogP contribution is -2.33. The van der Waals surface area contributed by atoms with Crippen molar-refractivity contribution in [2.75, 3.05) is 5.32 Å². The van der Waals surface area contributed by atoms with Crippen molar-refractivity contribution in [1.82, 2.24) is 5.32 Å². The van der Waals surface area contributed by atoms with Crippen molar-refractivity contribution < 1.29 is 0 Å². The number of aliphatic imine (C=N–C) groups is 2. The highest BCUT2D eigenvalue weighted by Crippen LogP contribution is 2.50. The summed E-state index contributed by atoms with van der Waals surface area (Å²) in [6, 6.07) is 46.8. The summed E-state index contributed by atoms with van der Waals surface area (Å²) in [7, 11) is 0. The van der Waals surface area contributed by atoms with Crippen LogP contribution in [0.1, 0.15) is 33.8 Å². The summed E-state index contributed by atoms with van der Waals surface area (Å²) in [5.41, 5.74) is 5.64. The van der Waals surface area contributed by atoms with E-state index in [1.807, 2.05) is 48.2 Å². The summed E-state index contributed by atoms with van der Waals surface area (Å²) in [4.78, 5) is 11.3. The van der Waals surface area contributed by atoms with Crippen LogP contribution < -0.4 is 10.6 Å². The summed E-state index contributed by atoms with van der Waals surface area (Å²) >= 11 is 1.88. The first-order valence-corrected chi connectivity index (χ1v) is 14.7. The Hall–Kier alpha value is -4.87. The van der Waals surface area contributed by atoms with E-state index in [9.17, 15) is 0 Å². The minimum absolute atomic E-state index is 0.193. The monoisotopic (exact) mass is 546 g/mol. The highest BCUT2D eigenvalue weighted by atomic mass is 32.2. The molecule has 2 aliphatic rings. The molecule has 0 saturated carbocycles. The topological polar surface area (TPSA) is 48.8 Å². The Morgan fingerprint density at radius 3 is 2.02 bits per heavy atom. The molecule has 2 atom stereocenters. The average molecular weight is 547 g/mol. The SMILES string of the molecule is c1ccc(C2=NC(c3ccc4ccc5ccc6c(c5c4c3)NC(c3ccccc3)S6)NC(c3ccccc3)=N2)cc1. The molecule has 4 nitrogen and oxygen atoms in total. The Labute approximate surface area is 242 Å². The van der Waals surface area contributed by atoms with E-state index in [-0.39, 0.29) is 11.5 Å². The van der Waals surface area contributed by atoms with Crippen LogP contribution in [0.2, 0.25) is 0 Å². The molecule has 2 heterocycles. The molecule has 0 aliphatic carbocycles. The van der Waals surface area contributed by atoms with Gasteiger partial charge in [0, 0.05) is 21.4 Å². The van der Waals surface area contributed by atoms with Gasteiger partial charge in [-0.1, -0.05) is 133 Å². The van der Waals surface area contributed by atoms with E-state index >= 15 is 0 Å². The van der Waals surface area contributed by atoms with Crippen molar-refractivity contribution in [2.24, 2.45) is 9.98 Å². The molecule has 0 amide bonds. The van der Waals surface area contributed by atoms with Crippen LogP contribution in [0.5, 0.6) is 0 Å². The van der Waals surface area contributed by atoms with Crippen molar-refractivity contribution in [2.45, 2.75) is 16.4 Å². The molecule has 0 spiro atoms. The second-order valence-corrected chi connectivity index (χ2v) is 11.5. The fourth-order valence-corrected chi connectivity index (χ4v) is 6.85. The van der Waals surface area contributed by atoms with E-state index in [0.717, 1.165) is 28.4 Å².